The zero-order chi connectivity index (χ0) is 13.3. The van der Waals surface area contributed by atoms with E-state index in [1.165, 1.54) is 19.3 Å². The van der Waals surface area contributed by atoms with E-state index in [-0.39, 0.29) is 22.3 Å². The number of nitrogens with zero attached hydrogens (tertiary/aromatic N) is 2. The standard InChI is InChI=1S/C12H10ClFN2O2/c1-7-3-4-8(5-9(7)14)18-10-6-15-16(2)12(17)11(10)13/h3-6H,1-2H3. The molecule has 0 N–H and O–H groups in total. The van der Waals surface area contributed by atoms with Crippen LogP contribution >= 0.6 is 11.6 Å². The fourth-order valence-corrected chi connectivity index (χ4v) is 1.54. The number of ether oxygens (including phenoxy) is 1. The van der Waals surface area contributed by atoms with E-state index in [9.17, 15) is 9.18 Å². The molecule has 1 aromatic heterocycles. The van der Waals surface area contributed by atoms with Crippen LogP contribution in [0, 0.1) is 12.7 Å². The van der Waals surface area contributed by atoms with Gasteiger partial charge in [-0.3, -0.25) is 4.79 Å². The summed E-state index contributed by atoms with van der Waals surface area (Å²) in [5.41, 5.74) is 0.0392. The highest BCUT2D eigenvalue weighted by atomic mass is 35.5. The van der Waals surface area contributed by atoms with Crippen LogP contribution < -0.4 is 10.3 Å². The molecule has 18 heavy (non-hydrogen) atoms. The molecule has 0 aliphatic rings. The molecular weight excluding hydrogens is 259 g/mol. The molecule has 0 radical (unpaired) electrons. The average Bonchev–Trinajstić information content (AvgIpc) is 2.34. The van der Waals surface area contributed by atoms with Crippen molar-refractivity contribution in [2.24, 2.45) is 7.05 Å². The topological polar surface area (TPSA) is 44.1 Å². The number of hydrogen-bond acceptors (Lipinski definition) is 3. The molecule has 0 fully saturated rings. The molecule has 0 bridgehead atoms. The maximum atomic E-state index is 13.3. The minimum absolute atomic E-state index is 0.0894. The van der Waals surface area contributed by atoms with Gasteiger partial charge in [-0.05, 0) is 18.6 Å². The quantitative estimate of drug-likeness (QED) is 0.841. The van der Waals surface area contributed by atoms with Crippen molar-refractivity contribution in [2.45, 2.75) is 6.92 Å². The van der Waals surface area contributed by atoms with Crippen LogP contribution in [0.4, 0.5) is 4.39 Å². The second kappa shape index (κ2) is 4.78. The molecule has 0 atom stereocenters. The van der Waals surface area contributed by atoms with E-state index in [0.29, 0.717) is 5.56 Å². The summed E-state index contributed by atoms with van der Waals surface area (Å²) in [6.45, 7) is 1.64. The van der Waals surface area contributed by atoms with Gasteiger partial charge in [0.1, 0.15) is 11.6 Å². The summed E-state index contributed by atoms with van der Waals surface area (Å²) >= 11 is 5.83. The van der Waals surface area contributed by atoms with Gasteiger partial charge in [-0.1, -0.05) is 17.7 Å². The van der Waals surface area contributed by atoms with Crippen molar-refractivity contribution in [2.75, 3.05) is 0 Å². The Bertz CT molecular complexity index is 655. The van der Waals surface area contributed by atoms with Crippen LogP contribution in [-0.4, -0.2) is 9.78 Å². The molecular formula is C12H10ClFN2O2. The third-order valence-corrected chi connectivity index (χ3v) is 2.77. The molecule has 0 saturated carbocycles. The highest BCUT2D eigenvalue weighted by molar-refractivity contribution is 6.31. The second-order valence-electron chi connectivity index (χ2n) is 3.76. The van der Waals surface area contributed by atoms with Crippen LogP contribution in [-0.2, 0) is 7.05 Å². The summed E-state index contributed by atoms with van der Waals surface area (Å²) in [7, 11) is 1.48. The van der Waals surface area contributed by atoms with Crippen molar-refractivity contribution in [1.29, 1.82) is 0 Å². The Balaban J connectivity index is 2.37. The zero-order valence-corrected chi connectivity index (χ0v) is 10.5. The van der Waals surface area contributed by atoms with Gasteiger partial charge in [0, 0.05) is 13.1 Å². The van der Waals surface area contributed by atoms with Gasteiger partial charge in [0.05, 0.1) is 6.20 Å². The van der Waals surface area contributed by atoms with Crippen molar-refractivity contribution in [3.8, 4) is 11.5 Å². The third-order valence-electron chi connectivity index (χ3n) is 2.42. The lowest BCUT2D eigenvalue weighted by atomic mass is 10.2. The average molecular weight is 269 g/mol. The monoisotopic (exact) mass is 268 g/mol. The van der Waals surface area contributed by atoms with Gasteiger partial charge < -0.3 is 4.74 Å². The van der Waals surface area contributed by atoms with Gasteiger partial charge in [0.2, 0.25) is 0 Å². The Morgan fingerprint density at radius 2 is 2.17 bits per heavy atom. The molecule has 0 amide bonds. The van der Waals surface area contributed by atoms with Crippen molar-refractivity contribution >= 4 is 11.6 Å². The summed E-state index contributed by atoms with van der Waals surface area (Å²) < 4.78 is 19.8. The van der Waals surface area contributed by atoms with E-state index < -0.39 is 5.56 Å². The fourth-order valence-electron chi connectivity index (χ4n) is 1.33. The molecule has 6 heteroatoms. The molecule has 0 unspecified atom stereocenters. The van der Waals surface area contributed by atoms with E-state index in [0.717, 1.165) is 4.68 Å². The van der Waals surface area contributed by atoms with Crippen molar-refractivity contribution in [3.63, 3.8) is 0 Å². The van der Waals surface area contributed by atoms with E-state index >= 15 is 0 Å². The third kappa shape index (κ3) is 2.36. The highest BCUT2D eigenvalue weighted by Gasteiger charge is 2.10. The summed E-state index contributed by atoms with van der Waals surface area (Å²) in [5.74, 6) is -0.0292. The molecule has 1 heterocycles. The molecule has 0 spiro atoms. The Hall–Kier alpha value is -1.88. The molecule has 2 aromatic rings. The first-order chi connectivity index (χ1) is 8.49. The van der Waals surface area contributed by atoms with Gasteiger partial charge >= 0.3 is 0 Å². The van der Waals surface area contributed by atoms with Gasteiger partial charge in [0.25, 0.3) is 5.56 Å². The molecule has 1 aromatic carbocycles. The van der Waals surface area contributed by atoms with Gasteiger partial charge in [-0.15, -0.1) is 0 Å². The predicted octanol–water partition coefficient (Wildman–Crippen LogP) is 2.67. The van der Waals surface area contributed by atoms with Crippen LogP contribution in [0.3, 0.4) is 0 Å². The maximum absolute atomic E-state index is 13.3. The molecule has 2 rings (SSSR count). The SMILES string of the molecule is Cc1ccc(Oc2cnn(C)c(=O)c2Cl)cc1F. The minimum atomic E-state index is -0.471. The number of rotatable bonds is 2. The summed E-state index contributed by atoms with van der Waals surface area (Å²) in [6.07, 6.45) is 1.31. The second-order valence-corrected chi connectivity index (χ2v) is 4.14. The number of benzene rings is 1. The zero-order valence-electron chi connectivity index (χ0n) is 9.78. The Morgan fingerprint density at radius 3 is 2.83 bits per heavy atom. The smallest absolute Gasteiger partial charge is 0.289 e. The molecule has 94 valence electrons. The normalized spacial score (nSPS) is 10.4. The van der Waals surface area contributed by atoms with Gasteiger partial charge in [-0.2, -0.15) is 5.10 Å². The lowest BCUT2D eigenvalue weighted by Crippen LogP contribution is -2.19. The van der Waals surface area contributed by atoms with Crippen LogP contribution in [0.2, 0.25) is 5.02 Å². The van der Waals surface area contributed by atoms with Gasteiger partial charge in [-0.25, -0.2) is 9.07 Å². The Morgan fingerprint density at radius 1 is 1.44 bits per heavy atom. The molecule has 0 aliphatic heterocycles. The number of halogens is 2. The Labute approximate surface area is 108 Å². The van der Waals surface area contributed by atoms with E-state index in [4.69, 9.17) is 16.3 Å². The lowest BCUT2D eigenvalue weighted by molar-refractivity contribution is 0.467. The van der Waals surface area contributed by atoms with Crippen molar-refractivity contribution < 1.29 is 9.13 Å². The molecule has 4 nitrogen and oxygen atoms in total. The number of aryl methyl sites for hydroxylation is 2. The first kappa shape index (κ1) is 12.6. The lowest BCUT2D eigenvalue weighted by Gasteiger charge is -2.08. The van der Waals surface area contributed by atoms with Crippen LogP contribution in [0.5, 0.6) is 11.5 Å². The van der Waals surface area contributed by atoms with Crippen molar-refractivity contribution in [1.82, 2.24) is 9.78 Å². The minimum Gasteiger partial charge on any atom is -0.454 e. The predicted molar refractivity (Wildman–Crippen MR) is 65.7 cm³/mol. The van der Waals surface area contributed by atoms with Gasteiger partial charge in [0.15, 0.2) is 10.8 Å². The maximum Gasteiger partial charge on any atom is 0.289 e. The first-order valence-corrected chi connectivity index (χ1v) is 5.52. The van der Waals surface area contributed by atoms with Crippen LogP contribution in [0.25, 0.3) is 0 Å². The summed E-state index contributed by atoms with van der Waals surface area (Å²) in [6, 6.07) is 4.39. The van der Waals surface area contributed by atoms with Crippen molar-refractivity contribution in [3.05, 3.63) is 51.2 Å². The first-order valence-electron chi connectivity index (χ1n) is 5.15. The molecule has 0 aliphatic carbocycles. The highest BCUT2D eigenvalue weighted by Crippen LogP contribution is 2.26. The fraction of sp³-hybridized carbons (Fsp3) is 0.167. The largest absolute Gasteiger partial charge is 0.454 e. The van der Waals surface area contributed by atoms with Crippen LogP contribution in [0.15, 0.2) is 29.2 Å². The summed E-state index contributed by atoms with van der Waals surface area (Å²) in [5, 5.41) is 3.69. The Kier molecular flexibility index (Phi) is 3.34. The summed E-state index contributed by atoms with van der Waals surface area (Å²) in [4.78, 5) is 11.5. The van der Waals surface area contributed by atoms with E-state index in [1.54, 1.807) is 19.1 Å². The van der Waals surface area contributed by atoms with E-state index in [2.05, 4.69) is 5.10 Å². The number of aromatic nitrogens is 2. The van der Waals surface area contributed by atoms with Crippen LogP contribution in [0.1, 0.15) is 5.56 Å². The van der Waals surface area contributed by atoms with E-state index in [1.807, 2.05) is 0 Å². The molecule has 0 saturated heterocycles. The number of hydrogen-bond donors (Lipinski definition) is 0.